The molecule has 0 radical (unpaired) electrons. The molecule has 4 aromatic rings. The second-order valence-corrected chi connectivity index (χ2v) is 9.30. The van der Waals surface area contributed by atoms with Gasteiger partial charge < -0.3 is 14.6 Å². The second kappa shape index (κ2) is 8.65. The molecule has 0 amide bonds. The van der Waals surface area contributed by atoms with Crippen molar-refractivity contribution in [1.82, 2.24) is 10.3 Å². The van der Waals surface area contributed by atoms with Gasteiger partial charge in [0.05, 0.1) is 11.7 Å². The van der Waals surface area contributed by atoms with Gasteiger partial charge in [-0.2, -0.15) is 0 Å². The molecule has 166 valence electrons. The van der Waals surface area contributed by atoms with Crippen molar-refractivity contribution in [2.75, 3.05) is 4.90 Å². The van der Waals surface area contributed by atoms with Gasteiger partial charge in [0.25, 0.3) is 0 Å². The molecule has 0 spiro atoms. The summed E-state index contributed by atoms with van der Waals surface area (Å²) in [6.45, 7) is 6.19. The number of hydrogen-bond acceptors (Lipinski definition) is 3. The van der Waals surface area contributed by atoms with E-state index in [0.717, 1.165) is 39.1 Å². The van der Waals surface area contributed by atoms with Gasteiger partial charge in [0.1, 0.15) is 17.6 Å². The van der Waals surface area contributed by atoms with Crippen LogP contribution in [0.15, 0.2) is 77.3 Å². The van der Waals surface area contributed by atoms with Gasteiger partial charge in [0.15, 0.2) is 5.11 Å². The summed E-state index contributed by atoms with van der Waals surface area (Å²) in [5.41, 5.74) is 6.29. The third-order valence-electron chi connectivity index (χ3n) is 5.96. The van der Waals surface area contributed by atoms with Crippen molar-refractivity contribution in [1.29, 1.82) is 0 Å². The number of aryl methyl sites for hydroxylation is 3. The summed E-state index contributed by atoms with van der Waals surface area (Å²) < 4.78 is 6.43. The molecule has 2 atom stereocenters. The van der Waals surface area contributed by atoms with E-state index in [1.54, 1.807) is 6.20 Å². The Hall–Kier alpha value is -3.15. The van der Waals surface area contributed by atoms with Gasteiger partial charge in [-0.3, -0.25) is 4.98 Å². The lowest BCUT2D eigenvalue weighted by molar-refractivity contribution is 0.439. The number of anilines is 1. The summed E-state index contributed by atoms with van der Waals surface area (Å²) in [7, 11) is 0. The molecule has 0 unspecified atom stereocenters. The van der Waals surface area contributed by atoms with Gasteiger partial charge in [-0.15, -0.1) is 0 Å². The minimum absolute atomic E-state index is 0.153. The lowest BCUT2D eigenvalue weighted by Gasteiger charge is -2.26. The van der Waals surface area contributed by atoms with Crippen molar-refractivity contribution in [2.24, 2.45) is 0 Å². The number of furan rings is 1. The topological polar surface area (TPSA) is 41.3 Å². The highest BCUT2D eigenvalue weighted by atomic mass is 35.5. The van der Waals surface area contributed by atoms with Gasteiger partial charge in [-0.1, -0.05) is 35.9 Å². The zero-order chi connectivity index (χ0) is 23.1. The number of hydrogen-bond donors (Lipinski definition) is 1. The Bertz CT molecular complexity index is 1310. The van der Waals surface area contributed by atoms with Crippen LogP contribution < -0.4 is 10.2 Å². The lowest BCUT2D eigenvalue weighted by Crippen LogP contribution is -2.29. The molecule has 33 heavy (non-hydrogen) atoms. The summed E-state index contributed by atoms with van der Waals surface area (Å²) in [5.74, 6) is 1.58. The SMILES string of the molecule is Cc1cc(C)cc(N2C(=S)N[C@@H](c3ccccn3)[C@H]2c2ccc(-c3ccc(C)c(Cl)c3)o2)c1. The first-order chi connectivity index (χ1) is 15.9. The van der Waals surface area contributed by atoms with E-state index in [-0.39, 0.29) is 12.1 Å². The summed E-state index contributed by atoms with van der Waals surface area (Å²) >= 11 is 12.2. The smallest absolute Gasteiger partial charge is 0.174 e. The minimum atomic E-state index is -0.191. The molecule has 5 rings (SSSR count). The molecule has 2 aromatic carbocycles. The maximum absolute atomic E-state index is 6.43. The van der Waals surface area contributed by atoms with E-state index < -0.39 is 0 Å². The van der Waals surface area contributed by atoms with Gasteiger partial charge in [0.2, 0.25) is 0 Å². The predicted octanol–water partition coefficient (Wildman–Crippen LogP) is 7.10. The Morgan fingerprint density at radius 2 is 1.76 bits per heavy atom. The standard InChI is InChI=1S/C27H24ClN3OS/c1-16-12-17(2)14-20(13-16)31-26(25(30-27(31)33)22-6-4-5-11-29-22)24-10-9-23(32-24)19-8-7-18(3)21(28)15-19/h4-15,25-26H,1-3H3,(H,30,33)/t25-,26+/m0/s1. The molecular weight excluding hydrogens is 450 g/mol. The summed E-state index contributed by atoms with van der Waals surface area (Å²) in [5, 5.41) is 4.86. The highest BCUT2D eigenvalue weighted by Gasteiger charge is 2.42. The largest absolute Gasteiger partial charge is 0.459 e. The van der Waals surface area contributed by atoms with Gasteiger partial charge in [-0.05, 0) is 92.1 Å². The Labute approximate surface area is 204 Å². The van der Waals surface area contributed by atoms with Crippen molar-refractivity contribution in [3.63, 3.8) is 0 Å². The normalized spacial score (nSPS) is 17.9. The number of thiocarbonyl (C=S) groups is 1. The molecule has 1 N–H and O–H groups in total. The van der Waals surface area contributed by atoms with E-state index in [2.05, 4.69) is 47.2 Å². The number of halogens is 1. The van der Waals surface area contributed by atoms with Crippen LogP contribution in [-0.2, 0) is 0 Å². The van der Waals surface area contributed by atoms with Crippen molar-refractivity contribution in [3.8, 4) is 11.3 Å². The minimum Gasteiger partial charge on any atom is -0.459 e. The van der Waals surface area contributed by atoms with Crippen LogP contribution in [0.3, 0.4) is 0 Å². The molecule has 1 saturated heterocycles. The van der Waals surface area contributed by atoms with Crippen LogP contribution in [0.1, 0.15) is 40.2 Å². The molecule has 0 aliphatic carbocycles. The van der Waals surface area contributed by atoms with Crippen LogP contribution in [0, 0.1) is 20.8 Å². The fourth-order valence-corrected chi connectivity index (χ4v) is 4.95. The fraction of sp³-hybridized carbons (Fsp3) is 0.185. The van der Waals surface area contributed by atoms with Gasteiger partial charge in [-0.25, -0.2) is 0 Å². The summed E-state index contributed by atoms with van der Waals surface area (Å²) in [6.07, 6.45) is 1.80. The van der Waals surface area contributed by atoms with E-state index in [1.165, 1.54) is 11.1 Å². The van der Waals surface area contributed by atoms with E-state index in [1.807, 2.05) is 55.5 Å². The first kappa shape index (κ1) is 21.7. The summed E-state index contributed by atoms with van der Waals surface area (Å²) in [4.78, 5) is 6.75. The Balaban J connectivity index is 1.61. The molecule has 0 bridgehead atoms. The van der Waals surface area contributed by atoms with E-state index in [4.69, 9.17) is 28.2 Å². The lowest BCUT2D eigenvalue weighted by atomic mass is 10.0. The van der Waals surface area contributed by atoms with Crippen molar-refractivity contribution in [3.05, 3.63) is 106 Å². The first-order valence-electron chi connectivity index (χ1n) is 10.9. The molecule has 6 heteroatoms. The molecule has 1 aliphatic heterocycles. The quantitative estimate of drug-likeness (QED) is 0.320. The average molecular weight is 474 g/mol. The van der Waals surface area contributed by atoms with Gasteiger partial charge >= 0.3 is 0 Å². The highest BCUT2D eigenvalue weighted by Crippen LogP contribution is 2.43. The maximum atomic E-state index is 6.43. The first-order valence-corrected chi connectivity index (χ1v) is 11.6. The zero-order valence-corrected chi connectivity index (χ0v) is 20.2. The van der Waals surface area contributed by atoms with Crippen molar-refractivity contribution in [2.45, 2.75) is 32.9 Å². The predicted molar refractivity (Wildman–Crippen MR) is 138 cm³/mol. The van der Waals surface area contributed by atoms with Crippen LogP contribution in [0.4, 0.5) is 5.69 Å². The van der Waals surface area contributed by atoms with Crippen LogP contribution in [0.5, 0.6) is 0 Å². The highest BCUT2D eigenvalue weighted by molar-refractivity contribution is 7.80. The molecule has 3 heterocycles. The number of aromatic nitrogens is 1. The van der Waals surface area contributed by atoms with Crippen LogP contribution in [0.25, 0.3) is 11.3 Å². The Kier molecular flexibility index (Phi) is 5.69. The number of benzene rings is 2. The fourth-order valence-electron chi connectivity index (χ4n) is 4.42. The van der Waals surface area contributed by atoms with Crippen molar-refractivity contribution >= 4 is 34.6 Å². The molecular formula is C27H24ClN3OS. The summed E-state index contributed by atoms with van der Waals surface area (Å²) in [6, 6.07) is 22.0. The second-order valence-electron chi connectivity index (χ2n) is 8.51. The van der Waals surface area contributed by atoms with E-state index in [0.29, 0.717) is 5.11 Å². The molecule has 0 saturated carbocycles. The third kappa shape index (κ3) is 4.14. The van der Waals surface area contributed by atoms with E-state index >= 15 is 0 Å². The molecule has 2 aromatic heterocycles. The van der Waals surface area contributed by atoms with Crippen molar-refractivity contribution < 1.29 is 4.42 Å². The van der Waals surface area contributed by atoms with Crippen LogP contribution in [0.2, 0.25) is 5.02 Å². The monoisotopic (exact) mass is 473 g/mol. The molecule has 4 nitrogen and oxygen atoms in total. The van der Waals surface area contributed by atoms with Crippen LogP contribution >= 0.6 is 23.8 Å². The average Bonchev–Trinajstić information content (AvgIpc) is 3.40. The number of nitrogens with zero attached hydrogens (tertiary/aromatic N) is 2. The number of pyridine rings is 1. The molecule has 1 aliphatic rings. The maximum Gasteiger partial charge on any atom is 0.174 e. The van der Waals surface area contributed by atoms with Gasteiger partial charge in [0, 0.05) is 22.5 Å². The van der Waals surface area contributed by atoms with Crippen LogP contribution in [-0.4, -0.2) is 10.1 Å². The zero-order valence-electron chi connectivity index (χ0n) is 18.7. The Morgan fingerprint density at radius 1 is 0.970 bits per heavy atom. The number of nitrogens with one attached hydrogen (secondary N) is 1. The number of rotatable bonds is 4. The van der Waals surface area contributed by atoms with E-state index in [9.17, 15) is 0 Å². The molecule has 1 fully saturated rings. The Morgan fingerprint density at radius 3 is 2.45 bits per heavy atom. The third-order valence-corrected chi connectivity index (χ3v) is 6.68.